The summed E-state index contributed by atoms with van der Waals surface area (Å²) in [4.78, 5) is 0.174. The van der Waals surface area contributed by atoms with E-state index in [0.29, 0.717) is 5.56 Å². The van der Waals surface area contributed by atoms with Crippen molar-refractivity contribution in [2.45, 2.75) is 21.6 Å². The molecule has 4 nitrogen and oxygen atoms in total. The summed E-state index contributed by atoms with van der Waals surface area (Å²) in [5, 5.41) is 8.65. The monoisotopic (exact) mass is 321 g/mol. The fourth-order valence-corrected chi connectivity index (χ4v) is 5.31. The van der Waals surface area contributed by atoms with Crippen LogP contribution in [0.4, 0.5) is 4.39 Å². The van der Waals surface area contributed by atoms with E-state index in [1.54, 1.807) is 18.2 Å². The summed E-state index contributed by atoms with van der Waals surface area (Å²) in [7, 11) is -3.67. The molecule has 0 bridgehead atoms. The van der Waals surface area contributed by atoms with Crippen LogP contribution in [0.3, 0.4) is 0 Å². The largest absolute Gasteiger partial charge is 0.394 e. The van der Waals surface area contributed by atoms with E-state index < -0.39 is 39.0 Å². The van der Waals surface area contributed by atoms with Crippen molar-refractivity contribution in [1.82, 2.24) is 0 Å². The molecule has 3 unspecified atom stereocenters. The predicted octanol–water partition coefficient (Wildman–Crippen LogP) is 1.46. The molecular formula is C16H16FNO3S. The minimum absolute atomic E-state index is 0.174. The first-order chi connectivity index (χ1) is 10.4. The van der Waals surface area contributed by atoms with Gasteiger partial charge in [0.15, 0.2) is 9.84 Å². The Morgan fingerprint density at radius 3 is 2.23 bits per heavy atom. The van der Waals surface area contributed by atoms with Crippen molar-refractivity contribution < 1.29 is 17.9 Å². The number of hydrogen-bond acceptors (Lipinski definition) is 4. The van der Waals surface area contributed by atoms with Crippen LogP contribution in [0.15, 0.2) is 59.5 Å². The first-order valence-electron chi connectivity index (χ1n) is 6.85. The quantitative estimate of drug-likeness (QED) is 0.893. The van der Waals surface area contributed by atoms with Gasteiger partial charge in [0.2, 0.25) is 0 Å². The van der Waals surface area contributed by atoms with Gasteiger partial charge in [0, 0.05) is 5.92 Å². The average Bonchev–Trinajstić information content (AvgIpc) is 3.17. The van der Waals surface area contributed by atoms with E-state index in [9.17, 15) is 17.9 Å². The molecule has 6 heteroatoms. The van der Waals surface area contributed by atoms with Crippen LogP contribution in [0.2, 0.25) is 0 Å². The van der Waals surface area contributed by atoms with Crippen LogP contribution >= 0.6 is 0 Å². The first-order valence-corrected chi connectivity index (χ1v) is 8.40. The van der Waals surface area contributed by atoms with Crippen molar-refractivity contribution in [3.63, 3.8) is 0 Å². The summed E-state index contributed by atoms with van der Waals surface area (Å²) >= 11 is 0. The maximum absolute atomic E-state index is 13.0. The lowest BCUT2D eigenvalue weighted by Crippen LogP contribution is -2.35. The molecule has 1 saturated carbocycles. The fourth-order valence-electron chi connectivity index (χ4n) is 2.99. The lowest BCUT2D eigenvalue weighted by atomic mass is 10.1. The zero-order valence-corrected chi connectivity index (χ0v) is 12.5. The number of sulfone groups is 1. The van der Waals surface area contributed by atoms with Crippen LogP contribution in [-0.2, 0) is 9.84 Å². The lowest BCUT2D eigenvalue weighted by Gasteiger charge is -2.08. The number of halogens is 1. The van der Waals surface area contributed by atoms with Gasteiger partial charge in [-0.3, -0.25) is 0 Å². The normalized spacial score (nSPS) is 27.6. The van der Waals surface area contributed by atoms with Gasteiger partial charge in [0.1, 0.15) is 5.82 Å². The van der Waals surface area contributed by atoms with E-state index in [1.165, 1.54) is 36.4 Å². The molecule has 1 aliphatic rings. The number of aliphatic hydroxyl groups excluding tert-OH is 1. The summed E-state index contributed by atoms with van der Waals surface area (Å²) in [6.45, 7) is -0.453. The zero-order valence-electron chi connectivity index (χ0n) is 11.7. The van der Waals surface area contributed by atoms with Gasteiger partial charge in [-0.05, 0) is 29.8 Å². The molecule has 0 amide bonds. The minimum atomic E-state index is -3.67. The second-order valence-electron chi connectivity index (χ2n) is 5.58. The number of benzene rings is 2. The third-order valence-electron chi connectivity index (χ3n) is 4.21. The second-order valence-corrected chi connectivity index (χ2v) is 7.65. The Balaban J connectivity index is 2.02. The smallest absolute Gasteiger partial charge is 0.183 e. The van der Waals surface area contributed by atoms with Gasteiger partial charge in [-0.1, -0.05) is 30.3 Å². The Morgan fingerprint density at radius 1 is 1.09 bits per heavy atom. The van der Waals surface area contributed by atoms with Crippen molar-refractivity contribution in [2.75, 3.05) is 6.61 Å². The summed E-state index contributed by atoms with van der Waals surface area (Å²) < 4.78 is 38.6. The van der Waals surface area contributed by atoms with Crippen LogP contribution in [0.1, 0.15) is 11.5 Å². The molecule has 3 atom stereocenters. The van der Waals surface area contributed by atoms with Crippen molar-refractivity contribution in [2.24, 2.45) is 5.73 Å². The Labute approximate surface area is 128 Å². The maximum Gasteiger partial charge on any atom is 0.183 e. The molecule has 0 saturated heterocycles. The van der Waals surface area contributed by atoms with Crippen molar-refractivity contribution in [3.05, 3.63) is 66.0 Å². The van der Waals surface area contributed by atoms with Gasteiger partial charge < -0.3 is 10.8 Å². The van der Waals surface area contributed by atoms with E-state index in [-0.39, 0.29) is 4.90 Å². The Bertz CT molecular complexity index is 777. The first kappa shape index (κ1) is 15.1. The molecule has 3 N–H and O–H groups in total. The Hall–Kier alpha value is -1.76. The van der Waals surface area contributed by atoms with Crippen LogP contribution in [0.25, 0.3) is 0 Å². The molecule has 2 aromatic rings. The summed E-state index contributed by atoms with van der Waals surface area (Å²) in [5.41, 5.74) is 5.47. The minimum Gasteiger partial charge on any atom is -0.394 e. The summed E-state index contributed by atoms with van der Waals surface area (Å²) in [5.74, 6) is -0.957. The molecule has 22 heavy (non-hydrogen) atoms. The fraction of sp³-hybridized carbons (Fsp3) is 0.250. The zero-order chi connectivity index (χ0) is 16.0. The lowest BCUT2D eigenvalue weighted by molar-refractivity contribution is 0.253. The van der Waals surface area contributed by atoms with Gasteiger partial charge in [-0.2, -0.15) is 0 Å². The Morgan fingerprint density at radius 2 is 1.68 bits per heavy atom. The van der Waals surface area contributed by atoms with Crippen LogP contribution in [0, 0.1) is 5.82 Å². The van der Waals surface area contributed by atoms with E-state index in [0.717, 1.165) is 0 Å². The van der Waals surface area contributed by atoms with Gasteiger partial charge >= 0.3 is 0 Å². The third kappa shape index (κ3) is 2.24. The molecule has 116 valence electrons. The summed E-state index contributed by atoms with van der Waals surface area (Å²) in [6.07, 6.45) is 0. The summed E-state index contributed by atoms with van der Waals surface area (Å²) in [6, 6.07) is 13.6. The van der Waals surface area contributed by atoms with Crippen LogP contribution in [0.5, 0.6) is 0 Å². The van der Waals surface area contributed by atoms with Crippen molar-refractivity contribution in [1.29, 1.82) is 0 Å². The molecule has 1 fully saturated rings. The van der Waals surface area contributed by atoms with Gasteiger partial charge in [0.25, 0.3) is 0 Å². The highest BCUT2D eigenvalue weighted by molar-refractivity contribution is 7.92. The molecule has 0 spiro atoms. The molecule has 0 aromatic heterocycles. The second kappa shape index (κ2) is 5.15. The maximum atomic E-state index is 13.0. The van der Waals surface area contributed by atoms with Gasteiger partial charge in [-0.25, -0.2) is 12.8 Å². The molecule has 0 radical (unpaired) electrons. The average molecular weight is 321 g/mol. The highest BCUT2D eigenvalue weighted by Gasteiger charge is 2.69. The van der Waals surface area contributed by atoms with Crippen molar-refractivity contribution in [3.8, 4) is 0 Å². The van der Waals surface area contributed by atoms with E-state index in [4.69, 9.17) is 5.73 Å². The number of aliphatic hydroxyl groups is 1. The van der Waals surface area contributed by atoms with Crippen molar-refractivity contribution >= 4 is 9.84 Å². The van der Waals surface area contributed by atoms with E-state index in [1.807, 2.05) is 0 Å². The van der Waals surface area contributed by atoms with Gasteiger partial charge in [0.05, 0.1) is 22.3 Å². The highest BCUT2D eigenvalue weighted by Crippen LogP contribution is 2.55. The van der Waals surface area contributed by atoms with Gasteiger partial charge in [-0.15, -0.1) is 0 Å². The topological polar surface area (TPSA) is 80.4 Å². The molecule has 2 aromatic carbocycles. The molecule has 0 heterocycles. The standard InChI is InChI=1S/C16H16FNO3S/c17-12-8-6-11(7-9-12)14-15(16(14,18)10-19)22(20,21)13-4-2-1-3-5-13/h1-9,14-15,19H,10,18H2. The SMILES string of the molecule is NC1(CO)C(c2ccc(F)cc2)C1S(=O)(=O)c1ccccc1. The third-order valence-corrected chi connectivity index (χ3v) is 6.52. The molecule has 1 aliphatic carbocycles. The van der Waals surface area contributed by atoms with Crippen LogP contribution < -0.4 is 5.73 Å². The van der Waals surface area contributed by atoms with Crippen LogP contribution in [-0.4, -0.2) is 30.9 Å². The molecule has 3 rings (SSSR count). The Kier molecular flexibility index (Phi) is 3.55. The molecule has 0 aliphatic heterocycles. The molecular weight excluding hydrogens is 305 g/mol. The highest BCUT2D eigenvalue weighted by atomic mass is 32.2. The number of hydrogen-bond donors (Lipinski definition) is 2. The predicted molar refractivity (Wildman–Crippen MR) is 80.6 cm³/mol. The van der Waals surface area contributed by atoms with E-state index >= 15 is 0 Å². The van der Waals surface area contributed by atoms with E-state index in [2.05, 4.69) is 0 Å². The number of nitrogens with two attached hydrogens (primary N) is 1. The number of rotatable bonds is 4.